The molecule has 72 heavy (non-hydrogen) atoms. The van der Waals surface area contributed by atoms with E-state index in [2.05, 4.69) is 60.1 Å². The number of H-pyrrole nitrogens is 2. The van der Waals surface area contributed by atoms with E-state index in [9.17, 15) is 9.59 Å². The molecular weight excluding hydrogens is 948 g/mol. The van der Waals surface area contributed by atoms with Crippen molar-refractivity contribution in [3.63, 3.8) is 0 Å². The van der Waals surface area contributed by atoms with Crippen molar-refractivity contribution < 1.29 is 9.59 Å². The number of nitrogens with one attached hydrogen (secondary N) is 4. The van der Waals surface area contributed by atoms with Crippen LogP contribution in [0.1, 0.15) is 113 Å². The quantitative estimate of drug-likeness (QED) is 0.0545. The maximum atomic E-state index is 13.5. The lowest BCUT2D eigenvalue weighted by molar-refractivity contribution is -0.128. The first kappa shape index (κ1) is 51.5. The van der Waals surface area contributed by atoms with Crippen LogP contribution in [0.3, 0.4) is 0 Å². The number of benzene rings is 2. The highest BCUT2D eigenvalue weighted by Gasteiger charge is 2.41. The fourth-order valence-electron chi connectivity index (χ4n) is 11.0. The van der Waals surface area contributed by atoms with Crippen LogP contribution in [0.4, 0.5) is 11.6 Å². The second-order valence-electron chi connectivity index (χ2n) is 20.4. The standard InChI is InChI=1S/2C27H36ClN7O/c2*28-21-8-6-20(7-9-21)23(5-4-16-34-14-2-1-3-15-34)33-26(36)27(29)11-17-35(18-12-27)25-22-10-13-30-24(22)31-19-32-25/h2*6-10,13,19,23H,1-5,11-12,14-18,29H2,(H,33,36)(H,30,31,32)/t2*23-/m10/s1. The van der Waals surface area contributed by atoms with Gasteiger partial charge in [-0.05, 0) is 164 Å². The number of halogens is 2. The second-order valence-corrected chi connectivity index (χ2v) is 21.3. The highest BCUT2D eigenvalue weighted by molar-refractivity contribution is 6.30. The Hall–Kier alpha value is -5.36. The monoisotopic (exact) mass is 1020 g/mol. The van der Waals surface area contributed by atoms with Crippen molar-refractivity contribution in [2.75, 3.05) is 75.2 Å². The van der Waals surface area contributed by atoms with Gasteiger partial charge in [0.15, 0.2) is 0 Å². The van der Waals surface area contributed by atoms with Crippen molar-refractivity contribution in [2.24, 2.45) is 11.5 Å². The molecule has 10 rings (SSSR count). The molecule has 2 atom stereocenters. The van der Waals surface area contributed by atoms with E-state index in [4.69, 9.17) is 34.7 Å². The molecule has 4 aromatic heterocycles. The van der Waals surface area contributed by atoms with Crippen LogP contribution >= 0.6 is 23.2 Å². The SMILES string of the molecule is NC1(C(=O)N[C@@H](CCCN2CCCCC2)c2ccc(Cl)cc2)CCN(c2ncnc3[nH]ccc23)CC1.NC1(C(=O)N[C@H](CCCN2CCCCC2)c2ccc(Cl)cc2)CCN(c2ncnc3[nH]ccc23)CC1. The number of carbonyl (C=O) groups excluding carboxylic acids is 2. The molecule has 4 fully saturated rings. The van der Waals surface area contributed by atoms with Gasteiger partial charge < -0.3 is 51.7 Å². The molecule has 18 heteroatoms. The fourth-order valence-corrected chi connectivity index (χ4v) is 11.2. The molecule has 8 N–H and O–H groups in total. The molecule has 4 saturated heterocycles. The van der Waals surface area contributed by atoms with Crippen LogP contribution in [0.2, 0.25) is 10.0 Å². The molecule has 4 aliphatic heterocycles. The maximum Gasteiger partial charge on any atom is 0.240 e. The van der Waals surface area contributed by atoms with Crippen LogP contribution in [0, 0.1) is 0 Å². The minimum absolute atomic E-state index is 0.0745. The van der Waals surface area contributed by atoms with E-state index in [1.54, 1.807) is 12.7 Å². The normalized spacial score (nSPS) is 19.3. The van der Waals surface area contributed by atoms with Crippen molar-refractivity contribution in [1.29, 1.82) is 0 Å². The minimum Gasteiger partial charge on any atom is -0.356 e. The van der Waals surface area contributed by atoms with Gasteiger partial charge in [-0.2, -0.15) is 0 Å². The smallest absolute Gasteiger partial charge is 0.240 e. The number of piperidine rings is 4. The van der Waals surface area contributed by atoms with Gasteiger partial charge in [0, 0.05) is 48.6 Å². The van der Waals surface area contributed by atoms with E-state index in [1.807, 2.05) is 73.1 Å². The van der Waals surface area contributed by atoms with E-state index in [0.717, 1.165) is 83.6 Å². The number of amides is 2. The van der Waals surface area contributed by atoms with Gasteiger partial charge in [-0.15, -0.1) is 0 Å². The summed E-state index contributed by atoms with van der Waals surface area (Å²) in [6.07, 6.45) is 20.8. The predicted molar refractivity (Wildman–Crippen MR) is 288 cm³/mol. The molecule has 384 valence electrons. The fraction of sp³-hybridized carbons (Fsp3) is 0.519. The molecule has 16 nitrogen and oxygen atoms in total. The van der Waals surface area contributed by atoms with E-state index < -0.39 is 11.1 Å². The first-order chi connectivity index (χ1) is 35.0. The second kappa shape index (κ2) is 24.1. The van der Waals surface area contributed by atoms with Gasteiger partial charge in [-0.25, -0.2) is 19.9 Å². The number of rotatable bonds is 16. The molecule has 0 radical (unpaired) electrons. The Morgan fingerprint density at radius 3 is 1.29 bits per heavy atom. The summed E-state index contributed by atoms with van der Waals surface area (Å²) >= 11 is 12.3. The zero-order chi connectivity index (χ0) is 49.9. The first-order valence-corrected chi connectivity index (χ1v) is 27.0. The molecule has 0 saturated carbocycles. The van der Waals surface area contributed by atoms with Gasteiger partial charge in [0.2, 0.25) is 11.8 Å². The molecule has 6 aromatic rings. The molecule has 2 amide bonds. The first-order valence-electron chi connectivity index (χ1n) is 26.2. The zero-order valence-electron chi connectivity index (χ0n) is 41.5. The summed E-state index contributed by atoms with van der Waals surface area (Å²) < 4.78 is 0. The number of hydrogen-bond acceptors (Lipinski definition) is 12. The average Bonchev–Trinajstić information content (AvgIpc) is 4.11. The average molecular weight is 1020 g/mol. The van der Waals surface area contributed by atoms with Crippen molar-refractivity contribution >= 4 is 68.7 Å². The van der Waals surface area contributed by atoms with Gasteiger partial charge in [0.05, 0.1) is 33.9 Å². The van der Waals surface area contributed by atoms with Crippen LogP contribution in [-0.2, 0) is 9.59 Å². The number of likely N-dealkylation sites (tertiary alicyclic amines) is 2. The number of hydrogen-bond donors (Lipinski definition) is 6. The largest absolute Gasteiger partial charge is 0.356 e. The van der Waals surface area contributed by atoms with E-state index in [0.29, 0.717) is 61.9 Å². The molecule has 0 spiro atoms. The Labute approximate surface area is 433 Å². The van der Waals surface area contributed by atoms with E-state index in [-0.39, 0.29) is 23.9 Å². The van der Waals surface area contributed by atoms with Crippen molar-refractivity contribution in [1.82, 2.24) is 50.3 Å². The molecule has 0 unspecified atom stereocenters. The lowest BCUT2D eigenvalue weighted by Crippen LogP contribution is -2.60. The van der Waals surface area contributed by atoms with Gasteiger partial charge in [-0.3, -0.25) is 9.59 Å². The summed E-state index contributed by atoms with van der Waals surface area (Å²) in [5.41, 5.74) is 15.4. The predicted octanol–water partition coefficient (Wildman–Crippen LogP) is 8.07. The third-order valence-corrected chi connectivity index (χ3v) is 16.0. The van der Waals surface area contributed by atoms with E-state index in [1.165, 1.54) is 64.7 Å². The van der Waals surface area contributed by atoms with Gasteiger partial charge >= 0.3 is 0 Å². The van der Waals surface area contributed by atoms with E-state index >= 15 is 0 Å². The van der Waals surface area contributed by atoms with Gasteiger partial charge in [-0.1, -0.05) is 60.3 Å². The highest BCUT2D eigenvalue weighted by atomic mass is 35.5. The third kappa shape index (κ3) is 12.9. The Bertz CT molecular complexity index is 2480. The van der Waals surface area contributed by atoms with Crippen LogP contribution in [0.5, 0.6) is 0 Å². The Morgan fingerprint density at radius 2 is 0.917 bits per heavy atom. The van der Waals surface area contributed by atoms with Crippen molar-refractivity contribution in [2.45, 2.75) is 113 Å². The number of anilines is 2. The molecule has 0 bridgehead atoms. The molecule has 2 aromatic carbocycles. The van der Waals surface area contributed by atoms with Crippen LogP contribution in [0.15, 0.2) is 85.7 Å². The summed E-state index contributed by atoms with van der Waals surface area (Å²) in [5, 5.41) is 9.98. The number of nitrogens with zero attached hydrogens (tertiary/aromatic N) is 8. The maximum absolute atomic E-state index is 13.5. The zero-order valence-corrected chi connectivity index (χ0v) is 43.0. The van der Waals surface area contributed by atoms with Gasteiger partial charge in [0.1, 0.15) is 35.6 Å². The lowest BCUT2D eigenvalue weighted by atomic mass is 9.86. The van der Waals surface area contributed by atoms with Crippen LogP contribution in [-0.4, -0.2) is 128 Å². The number of carbonyl (C=O) groups is 2. The van der Waals surface area contributed by atoms with Crippen LogP contribution < -0.4 is 31.9 Å². The summed E-state index contributed by atoms with van der Waals surface area (Å²) in [7, 11) is 0. The summed E-state index contributed by atoms with van der Waals surface area (Å²) in [6, 6.07) is 19.4. The summed E-state index contributed by atoms with van der Waals surface area (Å²) in [4.78, 5) is 60.4. The third-order valence-electron chi connectivity index (χ3n) is 15.5. The van der Waals surface area contributed by atoms with Crippen LogP contribution in [0.25, 0.3) is 22.1 Å². The minimum atomic E-state index is -0.904. The van der Waals surface area contributed by atoms with Gasteiger partial charge in [0.25, 0.3) is 0 Å². The molecule has 4 aliphatic rings. The summed E-state index contributed by atoms with van der Waals surface area (Å²) in [5.74, 6) is 1.63. The molecule has 8 heterocycles. The Kier molecular flexibility index (Phi) is 17.3. The summed E-state index contributed by atoms with van der Waals surface area (Å²) in [6.45, 7) is 9.53. The number of nitrogens with two attached hydrogens (primary N) is 2. The number of aromatic amines is 2. The topological polar surface area (TPSA) is 206 Å². The Morgan fingerprint density at radius 1 is 0.542 bits per heavy atom. The Balaban J connectivity index is 0.000000178. The molecule has 0 aliphatic carbocycles. The highest BCUT2D eigenvalue weighted by Crippen LogP contribution is 2.32. The van der Waals surface area contributed by atoms with Crippen molar-refractivity contribution in [3.8, 4) is 0 Å². The number of fused-ring (bicyclic) bond motifs is 2. The molecular formula is C54H72Cl2N14O2. The lowest BCUT2D eigenvalue weighted by Gasteiger charge is -2.39. The van der Waals surface area contributed by atoms with Crippen molar-refractivity contribution in [3.05, 3.63) is 107 Å². The number of aromatic nitrogens is 6.